The van der Waals surface area contributed by atoms with Gasteiger partial charge < -0.3 is 0 Å². The molecule has 0 N–H and O–H groups in total. The van der Waals surface area contributed by atoms with Crippen LogP contribution < -0.4 is 0 Å². The summed E-state index contributed by atoms with van der Waals surface area (Å²) < 4.78 is 0. The topological polar surface area (TPSA) is 86.3 Å². The molecule has 0 spiro atoms. The Morgan fingerprint density at radius 2 is 1.56 bits per heavy atom. The van der Waals surface area contributed by atoms with Gasteiger partial charge in [-0.3, -0.25) is 20.2 Å². The third-order valence-electron chi connectivity index (χ3n) is 2.53. The van der Waals surface area contributed by atoms with E-state index >= 15 is 0 Å². The second-order valence-corrected chi connectivity index (χ2v) is 3.61. The molecule has 1 unspecified atom stereocenters. The minimum atomic E-state index is -0.612. The van der Waals surface area contributed by atoms with Gasteiger partial charge in [0.1, 0.15) is 0 Å². The summed E-state index contributed by atoms with van der Waals surface area (Å²) in [5.74, 6) is 0.0681. The average molecular weight is 224 g/mol. The van der Waals surface area contributed by atoms with Crippen LogP contribution in [0.5, 0.6) is 0 Å². The SMILES string of the molecule is CCC(C)c1cc([N+](=O)[O-])cc([N+](=O)[O-])c1. The predicted octanol–water partition coefficient (Wildman–Crippen LogP) is 3.02. The van der Waals surface area contributed by atoms with E-state index in [4.69, 9.17) is 0 Å². The first kappa shape index (κ1) is 12.1. The maximum absolute atomic E-state index is 10.6. The summed E-state index contributed by atoms with van der Waals surface area (Å²) >= 11 is 0. The van der Waals surface area contributed by atoms with Gasteiger partial charge in [-0.2, -0.15) is 0 Å². The maximum Gasteiger partial charge on any atom is 0.276 e. The minimum absolute atomic E-state index is 0.0681. The Bertz CT molecular complexity index is 399. The summed E-state index contributed by atoms with van der Waals surface area (Å²) in [6, 6.07) is 3.76. The van der Waals surface area contributed by atoms with Crippen LogP contribution in [-0.2, 0) is 0 Å². The highest BCUT2D eigenvalue weighted by molar-refractivity contribution is 5.47. The first-order valence-electron chi connectivity index (χ1n) is 4.89. The number of nitrogens with zero attached hydrogens (tertiary/aromatic N) is 2. The van der Waals surface area contributed by atoms with Crippen LogP contribution in [0.25, 0.3) is 0 Å². The number of benzene rings is 1. The van der Waals surface area contributed by atoms with Gasteiger partial charge in [0, 0.05) is 12.1 Å². The second-order valence-electron chi connectivity index (χ2n) is 3.61. The van der Waals surface area contributed by atoms with Gasteiger partial charge in [0.15, 0.2) is 0 Å². The van der Waals surface area contributed by atoms with Crippen molar-refractivity contribution in [3.63, 3.8) is 0 Å². The first-order chi connectivity index (χ1) is 7.45. The van der Waals surface area contributed by atoms with E-state index in [1.165, 1.54) is 12.1 Å². The van der Waals surface area contributed by atoms with Crippen molar-refractivity contribution in [2.45, 2.75) is 26.2 Å². The molecule has 0 radical (unpaired) electrons. The van der Waals surface area contributed by atoms with Gasteiger partial charge in [0.2, 0.25) is 0 Å². The Labute approximate surface area is 92.2 Å². The molecule has 0 heterocycles. The Morgan fingerprint density at radius 1 is 1.12 bits per heavy atom. The van der Waals surface area contributed by atoms with Crippen molar-refractivity contribution >= 4 is 11.4 Å². The molecular weight excluding hydrogens is 212 g/mol. The predicted molar refractivity (Wildman–Crippen MR) is 58.5 cm³/mol. The highest BCUT2D eigenvalue weighted by Gasteiger charge is 2.18. The van der Waals surface area contributed by atoms with Crippen molar-refractivity contribution < 1.29 is 9.85 Å². The molecule has 0 amide bonds. The lowest BCUT2D eigenvalue weighted by Crippen LogP contribution is -1.98. The molecule has 86 valence electrons. The van der Waals surface area contributed by atoms with Crippen molar-refractivity contribution in [3.05, 3.63) is 44.0 Å². The molecule has 0 aliphatic carbocycles. The molecule has 0 aromatic heterocycles. The van der Waals surface area contributed by atoms with E-state index in [2.05, 4.69) is 0 Å². The Morgan fingerprint density at radius 3 is 1.88 bits per heavy atom. The van der Waals surface area contributed by atoms with E-state index in [-0.39, 0.29) is 17.3 Å². The Kier molecular flexibility index (Phi) is 3.55. The highest BCUT2D eigenvalue weighted by Crippen LogP contribution is 2.28. The quantitative estimate of drug-likeness (QED) is 0.581. The van der Waals surface area contributed by atoms with Crippen LogP contribution in [0.3, 0.4) is 0 Å². The highest BCUT2D eigenvalue weighted by atomic mass is 16.6. The summed E-state index contributed by atoms with van der Waals surface area (Å²) in [5, 5.41) is 21.2. The monoisotopic (exact) mass is 224 g/mol. The molecule has 0 saturated heterocycles. The van der Waals surface area contributed by atoms with Crippen LogP contribution in [0.15, 0.2) is 18.2 Å². The largest absolute Gasteiger partial charge is 0.276 e. The third kappa shape index (κ3) is 2.53. The normalized spacial score (nSPS) is 12.1. The number of nitro groups is 2. The molecule has 0 aliphatic heterocycles. The fraction of sp³-hybridized carbons (Fsp3) is 0.400. The third-order valence-corrected chi connectivity index (χ3v) is 2.53. The van der Waals surface area contributed by atoms with E-state index in [0.717, 1.165) is 12.5 Å². The van der Waals surface area contributed by atoms with E-state index in [1.54, 1.807) is 0 Å². The first-order valence-corrected chi connectivity index (χ1v) is 4.89. The zero-order chi connectivity index (χ0) is 12.3. The van der Waals surface area contributed by atoms with Crippen molar-refractivity contribution in [1.82, 2.24) is 0 Å². The summed E-state index contributed by atoms with van der Waals surface area (Å²) in [7, 11) is 0. The Balaban J connectivity index is 3.29. The molecule has 0 bridgehead atoms. The van der Waals surface area contributed by atoms with Gasteiger partial charge in [-0.05, 0) is 17.9 Å². The molecule has 1 aromatic carbocycles. The van der Waals surface area contributed by atoms with E-state index in [9.17, 15) is 20.2 Å². The average Bonchev–Trinajstić information content (AvgIpc) is 2.27. The lowest BCUT2D eigenvalue weighted by molar-refractivity contribution is -0.394. The summed E-state index contributed by atoms with van der Waals surface area (Å²) in [4.78, 5) is 20.0. The standard InChI is InChI=1S/C10H12N2O4/c1-3-7(2)8-4-9(11(13)14)6-10(5-8)12(15)16/h4-7H,3H2,1-2H3. The molecule has 1 aromatic rings. The zero-order valence-electron chi connectivity index (χ0n) is 9.04. The van der Waals surface area contributed by atoms with E-state index in [0.29, 0.717) is 5.56 Å². The van der Waals surface area contributed by atoms with Crippen LogP contribution in [0, 0.1) is 20.2 Å². The molecule has 1 atom stereocenters. The summed E-state index contributed by atoms with van der Waals surface area (Å²) in [6.45, 7) is 3.80. The molecule has 0 aliphatic rings. The van der Waals surface area contributed by atoms with Crippen molar-refractivity contribution in [3.8, 4) is 0 Å². The van der Waals surface area contributed by atoms with Crippen LogP contribution in [0.4, 0.5) is 11.4 Å². The lowest BCUT2D eigenvalue weighted by atomic mass is 9.98. The molecule has 6 nitrogen and oxygen atoms in total. The van der Waals surface area contributed by atoms with Crippen LogP contribution >= 0.6 is 0 Å². The van der Waals surface area contributed by atoms with Crippen LogP contribution in [0.2, 0.25) is 0 Å². The van der Waals surface area contributed by atoms with Gasteiger partial charge in [-0.15, -0.1) is 0 Å². The van der Waals surface area contributed by atoms with Crippen molar-refractivity contribution in [1.29, 1.82) is 0 Å². The Hall–Kier alpha value is -1.98. The maximum atomic E-state index is 10.6. The molecule has 0 fully saturated rings. The van der Waals surface area contributed by atoms with E-state index < -0.39 is 9.85 Å². The molecular formula is C10H12N2O4. The second kappa shape index (κ2) is 4.69. The molecule has 0 saturated carbocycles. The zero-order valence-corrected chi connectivity index (χ0v) is 9.04. The number of hydrogen-bond acceptors (Lipinski definition) is 4. The van der Waals surface area contributed by atoms with Gasteiger partial charge >= 0.3 is 0 Å². The lowest BCUT2D eigenvalue weighted by Gasteiger charge is -2.07. The fourth-order valence-corrected chi connectivity index (χ4v) is 1.35. The molecule has 16 heavy (non-hydrogen) atoms. The number of rotatable bonds is 4. The number of non-ortho nitro benzene ring substituents is 2. The number of hydrogen-bond donors (Lipinski definition) is 0. The van der Waals surface area contributed by atoms with Crippen molar-refractivity contribution in [2.24, 2.45) is 0 Å². The van der Waals surface area contributed by atoms with E-state index in [1.807, 2.05) is 13.8 Å². The fourth-order valence-electron chi connectivity index (χ4n) is 1.35. The molecule has 6 heteroatoms. The smallest absolute Gasteiger partial charge is 0.258 e. The van der Waals surface area contributed by atoms with Gasteiger partial charge in [-0.25, -0.2) is 0 Å². The van der Waals surface area contributed by atoms with Gasteiger partial charge in [0.25, 0.3) is 11.4 Å². The number of nitro benzene ring substituents is 2. The van der Waals surface area contributed by atoms with Gasteiger partial charge in [-0.1, -0.05) is 13.8 Å². The minimum Gasteiger partial charge on any atom is -0.258 e. The van der Waals surface area contributed by atoms with Crippen LogP contribution in [-0.4, -0.2) is 9.85 Å². The van der Waals surface area contributed by atoms with Crippen LogP contribution in [0.1, 0.15) is 31.7 Å². The summed E-state index contributed by atoms with van der Waals surface area (Å²) in [6.07, 6.45) is 0.776. The summed E-state index contributed by atoms with van der Waals surface area (Å²) in [5.41, 5.74) is 0.164. The van der Waals surface area contributed by atoms with Crippen molar-refractivity contribution in [2.75, 3.05) is 0 Å². The molecule has 1 rings (SSSR count). The van der Waals surface area contributed by atoms with Gasteiger partial charge in [0.05, 0.1) is 15.9 Å².